The van der Waals surface area contributed by atoms with Gasteiger partial charge in [-0.2, -0.15) is 13.2 Å². The Morgan fingerprint density at radius 3 is 2.32 bits per heavy atom. The van der Waals surface area contributed by atoms with Gasteiger partial charge in [0.15, 0.2) is 11.5 Å². The van der Waals surface area contributed by atoms with Gasteiger partial charge in [-0.15, -0.1) is 0 Å². The third-order valence-electron chi connectivity index (χ3n) is 5.22. The number of halogens is 3. The zero-order chi connectivity index (χ0) is 25.1. The predicted molar refractivity (Wildman–Crippen MR) is 112 cm³/mol. The number of methoxy groups -OCH3 is 2. The zero-order valence-corrected chi connectivity index (χ0v) is 18.6. The van der Waals surface area contributed by atoms with Crippen molar-refractivity contribution >= 4 is 11.9 Å². The third-order valence-corrected chi connectivity index (χ3v) is 5.22. The minimum Gasteiger partial charge on any atom is -0.463 e. The van der Waals surface area contributed by atoms with Crippen LogP contribution < -0.4 is 14.8 Å². The van der Waals surface area contributed by atoms with Crippen LogP contribution in [0.15, 0.2) is 42.5 Å². The Kier molecular flexibility index (Phi) is 7.37. The van der Waals surface area contributed by atoms with Gasteiger partial charge >= 0.3 is 23.9 Å². The van der Waals surface area contributed by atoms with Crippen LogP contribution in [-0.2, 0) is 31.7 Å². The molecule has 0 amide bonds. The first kappa shape index (κ1) is 25.3. The fraction of sp³-hybridized carbons (Fsp3) is 0.391. The van der Waals surface area contributed by atoms with Crippen LogP contribution in [0.5, 0.6) is 11.5 Å². The molecule has 184 valence electrons. The van der Waals surface area contributed by atoms with Crippen molar-refractivity contribution in [3.05, 3.63) is 59.2 Å². The normalized spacial score (nSPS) is 16.0. The molecule has 0 aromatic heterocycles. The van der Waals surface area contributed by atoms with Crippen LogP contribution in [0.25, 0.3) is 0 Å². The van der Waals surface area contributed by atoms with E-state index >= 15 is 0 Å². The molecule has 0 fully saturated rings. The fourth-order valence-corrected chi connectivity index (χ4v) is 3.47. The van der Waals surface area contributed by atoms with Crippen molar-refractivity contribution in [2.45, 2.75) is 37.5 Å². The van der Waals surface area contributed by atoms with Crippen molar-refractivity contribution in [1.82, 2.24) is 5.32 Å². The molecule has 2 aromatic carbocycles. The van der Waals surface area contributed by atoms with Gasteiger partial charge in [0.05, 0.1) is 25.9 Å². The molecule has 0 bridgehead atoms. The van der Waals surface area contributed by atoms with E-state index in [1.54, 1.807) is 12.1 Å². The number of esters is 2. The number of rotatable bonds is 8. The Labute approximate surface area is 193 Å². The molecule has 0 radical (unpaired) electrons. The summed E-state index contributed by atoms with van der Waals surface area (Å²) in [5.74, 6) is -4.24. The van der Waals surface area contributed by atoms with Crippen molar-refractivity contribution in [3.63, 3.8) is 0 Å². The van der Waals surface area contributed by atoms with Gasteiger partial charge in [0.2, 0.25) is 0 Å². The Hall–Kier alpha value is -3.31. The predicted octanol–water partition coefficient (Wildman–Crippen LogP) is 2.77. The maximum Gasteiger partial charge on any atom is 0.453 e. The van der Waals surface area contributed by atoms with Crippen LogP contribution in [0.4, 0.5) is 13.2 Å². The van der Waals surface area contributed by atoms with E-state index < -0.39 is 35.6 Å². The second-order valence-electron chi connectivity index (χ2n) is 7.74. The highest BCUT2D eigenvalue weighted by Crippen LogP contribution is 2.41. The first-order chi connectivity index (χ1) is 16.0. The van der Waals surface area contributed by atoms with E-state index in [2.05, 4.69) is 14.8 Å². The fourth-order valence-electron chi connectivity index (χ4n) is 3.47. The molecule has 8 nitrogen and oxygen atoms in total. The summed E-state index contributed by atoms with van der Waals surface area (Å²) < 4.78 is 58.8. The Morgan fingerprint density at radius 1 is 1.06 bits per heavy atom. The number of aliphatic hydroxyl groups is 1. The number of nitrogens with one attached hydrogen (secondary N) is 1. The number of fused-ring (bicyclic) bond motifs is 1. The molecule has 3 rings (SSSR count). The number of benzene rings is 2. The van der Waals surface area contributed by atoms with E-state index in [0.717, 1.165) is 31.9 Å². The van der Waals surface area contributed by atoms with E-state index in [-0.39, 0.29) is 29.6 Å². The average Bonchev–Trinajstić information content (AvgIpc) is 3.21. The minimum atomic E-state index is -4.49. The summed E-state index contributed by atoms with van der Waals surface area (Å²) in [5, 5.41) is 13.4. The highest BCUT2D eigenvalue weighted by molar-refractivity contribution is 6.03. The van der Waals surface area contributed by atoms with Gasteiger partial charge in [0, 0.05) is 12.6 Å². The van der Waals surface area contributed by atoms with E-state index in [0.29, 0.717) is 6.42 Å². The lowest BCUT2D eigenvalue weighted by molar-refractivity contribution is -0.199. The van der Waals surface area contributed by atoms with Gasteiger partial charge in [-0.05, 0) is 48.7 Å². The average molecular weight is 483 g/mol. The maximum absolute atomic E-state index is 12.9. The molecule has 0 saturated heterocycles. The Balaban J connectivity index is 1.63. The van der Waals surface area contributed by atoms with E-state index in [1.807, 2.05) is 6.92 Å². The van der Waals surface area contributed by atoms with Crippen LogP contribution in [0, 0.1) is 0 Å². The summed E-state index contributed by atoms with van der Waals surface area (Å²) in [6, 6.07) is 9.18. The third kappa shape index (κ3) is 5.26. The van der Waals surface area contributed by atoms with Crippen molar-refractivity contribution < 1.29 is 46.8 Å². The molecular weight excluding hydrogens is 459 g/mol. The van der Waals surface area contributed by atoms with Crippen LogP contribution in [0.1, 0.15) is 29.7 Å². The molecule has 0 aliphatic carbocycles. The minimum absolute atomic E-state index is 0.0286. The largest absolute Gasteiger partial charge is 0.463 e. The van der Waals surface area contributed by atoms with Crippen molar-refractivity contribution in [2.75, 3.05) is 20.8 Å². The monoisotopic (exact) mass is 483 g/mol. The molecule has 0 saturated carbocycles. The number of hydrogen-bond acceptors (Lipinski definition) is 8. The lowest BCUT2D eigenvalue weighted by Crippen LogP contribution is -2.55. The summed E-state index contributed by atoms with van der Waals surface area (Å²) in [6.07, 6.45) is -5.19. The first-order valence-corrected chi connectivity index (χ1v) is 10.3. The van der Waals surface area contributed by atoms with Gasteiger partial charge in [0.25, 0.3) is 0 Å². The second kappa shape index (κ2) is 9.90. The molecule has 1 aliphatic heterocycles. The van der Waals surface area contributed by atoms with Crippen LogP contribution in [-0.4, -0.2) is 49.6 Å². The van der Waals surface area contributed by atoms with Crippen LogP contribution in [0.3, 0.4) is 0 Å². The Bertz CT molecular complexity index is 1040. The highest BCUT2D eigenvalue weighted by atomic mass is 19.4. The lowest BCUT2D eigenvalue weighted by atomic mass is 10.0. The standard InChI is InChI=1S/C23H24F3NO7/c1-13(27-12-17(28)15-5-4-6-16(11-15)23(24,25)26)9-14-7-8-18-19(10-14)34-22(33-18,20(29)31-2)21(30)32-3/h4-8,10-11,13,17,27-28H,9,12H2,1-3H3. The second-order valence-corrected chi connectivity index (χ2v) is 7.74. The Morgan fingerprint density at radius 2 is 1.71 bits per heavy atom. The summed E-state index contributed by atoms with van der Waals surface area (Å²) in [7, 11) is 2.16. The van der Waals surface area contributed by atoms with E-state index in [1.165, 1.54) is 18.2 Å². The highest BCUT2D eigenvalue weighted by Gasteiger charge is 2.59. The van der Waals surface area contributed by atoms with E-state index in [9.17, 15) is 27.9 Å². The van der Waals surface area contributed by atoms with Gasteiger partial charge in [-0.1, -0.05) is 18.2 Å². The molecular formula is C23H24F3NO7. The zero-order valence-electron chi connectivity index (χ0n) is 18.6. The van der Waals surface area contributed by atoms with E-state index in [4.69, 9.17) is 9.47 Å². The molecule has 0 spiro atoms. The molecule has 11 heteroatoms. The summed E-state index contributed by atoms with van der Waals surface area (Å²) in [6.45, 7) is 1.86. The van der Waals surface area contributed by atoms with Crippen molar-refractivity contribution in [1.29, 1.82) is 0 Å². The van der Waals surface area contributed by atoms with Crippen LogP contribution in [0.2, 0.25) is 0 Å². The van der Waals surface area contributed by atoms with Crippen LogP contribution >= 0.6 is 0 Å². The van der Waals surface area contributed by atoms with Gasteiger partial charge in [-0.3, -0.25) is 0 Å². The number of carbonyl (C=O) groups is 2. The summed E-state index contributed by atoms with van der Waals surface area (Å²) in [4.78, 5) is 24.3. The maximum atomic E-state index is 12.9. The van der Waals surface area contributed by atoms with Crippen molar-refractivity contribution in [2.24, 2.45) is 0 Å². The van der Waals surface area contributed by atoms with Gasteiger partial charge in [0.1, 0.15) is 0 Å². The van der Waals surface area contributed by atoms with Gasteiger partial charge < -0.3 is 29.4 Å². The molecule has 2 unspecified atom stereocenters. The molecule has 1 aliphatic rings. The van der Waals surface area contributed by atoms with Crippen molar-refractivity contribution in [3.8, 4) is 11.5 Å². The smallest absolute Gasteiger partial charge is 0.453 e. The molecule has 2 aromatic rings. The summed E-state index contributed by atoms with van der Waals surface area (Å²) >= 11 is 0. The van der Waals surface area contributed by atoms with Gasteiger partial charge in [-0.25, -0.2) is 9.59 Å². The summed E-state index contributed by atoms with van der Waals surface area (Å²) in [5.41, 5.74) is 0.0773. The SMILES string of the molecule is COC(=O)C1(C(=O)OC)Oc2ccc(CC(C)NCC(O)c3cccc(C(F)(F)F)c3)cc2O1. The number of hydrogen-bond donors (Lipinski definition) is 2. The lowest BCUT2D eigenvalue weighted by Gasteiger charge is -2.21. The quantitative estimate of drug-likeness (QED) is 0.437. The number of aliphatic hydroxyl groups excluding tert-OH is 1. The number of ether oxygens (including phenoxy) is 4. The number of carbonyl (C=O) groups excluding carboxylic acids is 2. The molecule has 2 N–H and O–H groups in total. The molecule has 1 heterocycles. The molecule has 2 atom stereocenters. The first-order valence-electron chi connectivity index (χ1n) is 10.3. The topological polar surface area (TPSA) is 103 Å². The number of alkyl halides is 3. The molecule has 34 heavy (non-hydrogen) atoms.